The Morgan fingerprint density at radius 1 is 1.16 bits per heavy atom. The average Bonchev–Trinajstić information content (AvgIpc) is 3.01. The molecule has 0 unspecified atom stereocenters. The van der Waals surface area contributed by atoms with Crippen molar-refractivity contribution in [3.8, 4) is 0 Å². The zero-order valence-electron chi connectivity index (χ0n) is 14.8. The number of hydrogen-bond donors (Lipinski definition) is 0. The van der Waals surface area contributed by atoms with Gasteiger partial charge >= 0.3 is 0 Å². The number of benzene rings is 1. The minimum atomic E-state index is -0.419. The minimum Gasteiger partial charge on any atom is -0.335 e. The van der Waals surface area contributed by atoms with Crippen molar-refractivity contribution in [2.75, 3.05) is 20.1 Å². The Bertz CT molecular complexity index is 741. The van der Waals surface area contributed by atoms with Gasteiger partial charge in [-0.3, -0.25) is 9.59 Å². The fraction of sp³-hybridized carbons (Fsp3) is 0.421. The molecule has 0 N–H and O–H groups in total. The third-order valence-corrected chi connectivity index (χ3v) is 4.72. The van der Waals surface area contributed by atoms with Gasteiger partial charge in [0.2, 0.25) is 11.8 Å². The summed E-state index contributed by atoms with van der Waals surface area (Å²) in [6, 6.07) is 9.45. The highest BCUT2D eigenvalue weighted by molar-refractivity contribution is 5.94. The lowest BCUT2D eigenvalue weighted by Crippen LogP contribution is -2.59. The van der Waals surface area contributed by atoms with Crippen molar-refractivity contribution >= 4 is 11.8 Å². The van der Waals surface area contributed by atoms with Crippen LogP contribution in [-0.4, -0.2) is 57.3 Å². The summed E-state index contributed by atoms with van der Waals surface area (Å²) in [7, 11) is 1.70. The number of likely N-dealkylation sites (N-methyl/N-ethyl adjacent to an activating group) is 1. The van der Waals surface area contributed by atoms with Crippen molar-refractivity contribution in [1.29, 1.82) is 0 Å². The maximum Gasteiger partial charge on any atom is 0.245 e. The Labute approximate surface area is 148 Å². The van der Waals surface area contributed by atoms with E-state index in [0.29, 0.717) is 13.0 Å². The zero-order chi connectivity index (χ0) is 17.8. The number of rotatable bonds is 6. The Hall–Kier alpha value is -2.63. The second-order valence-corrected chi connectivity index (χ2v) is 6.51. The summed E-state index contributed by atoms with van der Waals surface area (Å²) in [4.78, 5) is 32.7. The fourth-order valence-electron chi connectivity index (χ4n) is 3.30. The molecule has 6 heteroatoms. The molecule has 3 rings (SSSR count). The molecule has 0 radical (unpaired) electrons. The van der Waals surface area contributed by atoms with Crippen molar-refractivity contribution in [3.63, 3.8) is 0 Å². The van der Waals surface area contributed by atoms with Crippen LogP contribution in [0.4, 0.5) is 0 Å². The van der Waals surface area contributed by atoms with E-state index in [1.54, 1.807) is 18.1 Å². The van der Waals surface area contributed by atoms with E-state index in [4.69, 9.17) is 0 Å². The summed E-state index contributed by atoms with van der Waals surface area (Å²) >= 11 is 0. The molecule has 1 saturated heterocycles. The molecule has 1 aromatic carbocycles. The van der Waals surface area contributed by atoms with E-state index in [1.807, 2.05) is 43.5 Å². The maximum absolute atomic E-state index is 12.6. The summed E-state index contributed by atoms with van der Waals surface area (Å²) in [6.45, 7) is 3.49. The van der Waals surface area contributed by atoms with Gasteiger partial charge in [-0.2, -0.15) is 0 Å². The van der Waals surface area contributed by atoms with Gasteiger partial charge in [0, 0.05) is 39.0 Å². The van der Waals surface area contributed by atoms with E-state index in [2.05, 4.69) is 9.55 Å². The van der Waals surface area contributed by atoms with Crippen molar-refractivity contribution in [3.05, 3.63) is 54.1 Å². The Kier molecular flexibility index (Phi) is 5.16. The number of amides is 2. The molecule has 1 atom stereocenters. The summed E-state index contributed by atoms with van der Waals surface area (Å²) in [5.41, 5.74) is 1.07. The lowest BCUT2D eigenvalue weighted by molar-refractivity contribution is -0.154. The van der Waals surface area contributed by atoms with E-state index in [0.717, 1.165) is 24.4 Å². The summed E-state index contributed by atoms with van der Waals surface area (Å²) in [5, 5.41) is 0. The number of carbonyl (C=O) groups excluding carboxylic acids is 2. The van der Waals surface area contributed by atoms with Crippen LogP contribution in [0.25, 0.3) is 0 Å². The topological polar surface area (TPSA) is 58.4 Å². The highest BCUT2D eigenvalue weighted by Gasteiger charge is 2.37. The summed E-state index contributed by atoms with van der Waals surface area (Å²) < 4.78 is 2.06. The lowest BCUT2D eigenvalue weighted by atomic mass is 10.0. The monoisotopic (exact) mass is 340 g/mol. The molecule has 0 saturated carbocycles. The highest BCUT2D eigenvalue weighted by Crippen LogP contribution is 2.17. The number of hydrogen-bond acceptors (Lipinski definition) is 3. The van der Waals surface area contributed by atoms with Crippen LogP contribution >= 0.6 is 0 Å². The molecule has 2 heterocycles. The molecule has 1 aromatic heterocycles. The first-order valence-corrected chi connectivity index (χ1v) is 8.62. The van der Waals surface area contributed by atoms with Crippen LogP contribution in [0.3, 0.4) is 0 Å². The first-order valence-electron chi connectivity index (χ1n) is 8.62. The summed E-state index contributed by atoms with van der Waals surface area (Å²) in [6.07, 6.45) is 5.07. The van der Waals surface area contributed by atoms with E-state index >= 15 is 0 Å². The maximum atomic E-state index is 12.6. The normalized spacial score (nSPS) is 18.1. The minimum absolute atomic E-state index is 0.0160. The van der Waals surface area contributed by atoms with E-state index in [1.165, 1.54) is 4.90 Å². The molecule has 2 aromatic rings. The Balaban J connectivity index is 1.70. The molecule has 2 amide bonds. The van der Waals surface area contributed by atoms with Crippen LogP contribution in [0.2, 0.25) is 0 Å². The van der Waals surface area contributed by atoms with Crippen LogP contribution in [0.15, 0.2) is 42.7 Å². The van der Waals surface area contributed by atoms with Gasteiger partial charge in [0.25, 0.3) is 0 Å². The van der Waals surface area contributed by atoms with E-state index in [9.17, 15) is 9.59 Å². The van der Waals surface area contributed by atoms with Gasteiger partial charge < -0.3 is 14.4 Å². The zero-order valence-corrected chi connectivity index (χ0v) is 14.8. The molecule has 132 valence electrons. The predicted molar refractivity (Wildman–Crippen MR) is 94.9 cm³/mol. The quantitative estimate of drug-likeness (QED) is 0.801. The van der Waals surface area contributed by atoms with Crippen LogP contribution in [0, 0.1) is 6.92 Å². The number of aromatic nitrogens is 2. The standard InChI is InChI=1S/C19H24N4O2/c1-15-20-9-12-22(15)10-6-11-23-17(13-16-7-4-3-5-8-16)19(25)21(2)14-18(23)24/h3-5,7-9,12,17H,6,10-11,13-14H2,1-2H3/t17-/m1/s1. The molecule has 25 heavy (non-hydrogen) atoms. The number of carbonyl (C=O) groups is 2. The SMILES string of the molecule is Cc1nccn1CCCN1C(=O)CN(C)C(=O)[C@H]1Cc1ccccc1. The molecular weight excluding hydrogens is 316 g/mol. The van der Waals surface area contributed by atoms with Crippen molar-refractivity contribution in [2.45, 2.75) is 32.4 Å². The fourth-order valence-corrected chi connectivity index (χ4v) is 3.30. The smallest absolute Gasteiger partial charge is 0.245 e. The molecular formula is C19H24N4O2. The predicted octanol–water partition coefficient (Wildman–Crippen LogP) is 1.49. The van der Waals surface area contributed by atoms with E-state index in [-0.39, 0.29) is 18.4 Å². The van der Waals surface area contributed by atoms with Crippen molar-refractivity contribution < 1.29 is 9.59 Å². The molecule has 1 aliphatic heterocycles. The van der Waals surface area contributed by atoms with Crippen molar-refractivity contribution in [1.82, 2.24) is 19.4 Å². The molecule has 1 aliphatic rings. The number of nitrogens with zero attached hydrogens (tertiary/aromatic N) is 4. The first kappa shape index (κ1) is 17.2. The third-order valence-electron chi connectivity index (χ3n) is 4.72. The molecule has 0 bridgehead atoms. The second kappa shape index (κ2) is 7.51. The van der Waals surface area contributed by atoms with Gasteiger partial charge in [-0.25, -0.2) is 4.98 Å². The number of imidazole rings is 1. The largest absolute Gasteiger partial charge is 0.335 e. The highest BCUT2D eigenvalue weighted by atomic mass is 16.2. The molecule has 0 spiro atoms. The second-order valence-electron chi connectivity index (χ2n) is 6.51. The molecule has 6 nitrogen and oxygen atoms in total. The van der Waals surface area contributed by atoms with Crippen LogP contribution < -0.4 is 0 Å². The van der Waals surface area contributed by atoms with Crippen LogP contribution in [0.1, 0.15) is 17.8 Å². The Morgan fingerprint density at radius 3 is 2.60 bits per heavy atom. The molecule has 0 aliphatic carbocycles. The van der Waals surface area contributed by atoms with Gasteiger partial charge in [-0.1, -0.05) is 30.3 Å². The van der Waals surface area contributed by atoms with Crippen LogP contribution in [0.5, 0.6) is 0 Å². The average molecular weight is 340 g/mol. The van der Waals surface area contributed by atoms with Gasteiger partial charge in [0.05, 0.1) is 6.54 Å². The van der Waals surface area contributed by atoms with Gasteiger partial charge in [-0.05, 0) is 18.9 Å². The number of aryl methyl sites for hydroxylation is 2. The lowest BCUT2D eigenvalue weighted by Gasteiger charge is -2.39. The van der Waals surface area contributed by atoms with Crippen molar-refractivity contribution in [2.24, 2.45) is 0 Å². The first-order chi connectivity index (χ1) is 12.1. The number of piperazine rings is 1. The third kappa shape index (κ3) is 3.90. The van der Waals surface area contributed by atoms with Gasteiger partial charge in [0.15, 0.2) is 0 Å². The van der Waals surface area contributed by atoms with Crippen LogP contribution in [-0.2, 0) is 22.6 Å². The Morgan fingerprint density at radius 2 is 1.92 bits per heavy atom. The summed E-state index contributed by atoms with van der Waals surface area (Å²) in [5.74, 6) is 0.995. The molecule has 1 fully saturated rings. The van der Waals surface area contributed by atoms with Gasteiger partial charge in [-0.15, -0.1) is 0 Å². The van der Waals surface area contributed by atoms with E-state index < -0.39 is 6.04 Å². The van der Waals surface area contributed by atoms with Gasteiger partial charge in [0.1, 0.15) is 11.9 Å².